The Morgan fingerprint density at radius 3 is 2.65 bits per heavy atom. The molecule has 1 aromatic carbocycles. The molecule has 0 bridgehead atoms. The van der Waals surface area contributed by atoms with Crippen LogP contribution in [0, 0.1) is 0 Å². The van der Waals surface area contributed by atoms with Gasteiger partial charge in [0.15, 0.2) is 5.82 Å². The summed E-state index contributed by atoms with van der Waals surface area (Å²) in [5.74, 6) is 0.567. The van der Waals surface area contributed by atoms with E-state index in [9.17, 15) is 4.79 Å². The van der Waals surface area contributed by atoms with Gasteiger partial charge in [-0.15, -0.1) is 0 Å². The predicted octanol–water partition coefficient (Wildman–Crippen LogP) is 3.52. The average Bonchev–Trinajstić information content (AvgIpc) is 3.42. The molecule has 1 aliphatic rings. The molecule has 0 aliphatic heterocycles. The number of rotatable bonds is 6. The van der Waals surface area contributed by atoms with E-state index in [0.717, 1.165) is 18.5 Å². The van der Waals surface area contributed by atoms with Gasteiger partial charge in [0.2, 0.25) is 0 Å². The third kappa shape index (κ3) is 4.08. The van der Waals surface area contributed by atoms with Crippen LogP contribution in [0.1, 0.15) is 24.1 Å². The van der Waals surface area contributed by atoms with Gasteiger partial charge in [-0.05, 0) is 30.5 Å². The van der Waals surface area contributed by atoms with E-state index in [0.29, 0.717) is 24.9 Å². The van der Waals surface area contributed by atoms with Gasteiger partial charge >= 0.3 is 6.03 Å². The van der Waals surface area contributed by atoms with Gasteiger partial charge in [-0.3, -0.25) is 15.0 Å². The van der Waals surface area contributed by atoms with E-state index in [2.05, 4.69) is 27.5 Å². The number of nitrogens with one attached hydrogen (secondary N) is 1. The fourth-order valence-electron chi connectivity index (χ4n) is 2.89. The highest BCUT2D eigenvalue weighted by Crippen LogP contribution is 2.28. The molecule has 26 heavy (non-hydrogen) atoms. The number of urea groups is 1. The van der Waals surface area contributed by atoms with Crippen LogP contribution >= 0.6 is 0 Å². The Morgan fingerprint density at radius 2 is 1.92 bits per heavy atom. The van der Waals surface area contributed by atoms with Crippen LogP contribution in [0.2, 0.25) is 0 Å². The highest BCUT2D eigenvalue weighted by Gasteiger charge is 2.33. The standard InChI is InChI=1S/C20H21N5O/c26-20(25(18-9-10-18)15-17-8-4-5-12-21-17)22-19-11-13-24(23-19)14-16-6-2-1-3-7-16/h1-8,11-13,18H,9-10,14-15H2,(H,22,23,26). The van der Waals surface area contributed by atoms with Gasteiger partial charge in [0, 0.05) is 24.5 Å². The Balaban J connectivity index is 1.40. The average molecular weight is 347 g/mol. The van der Waals surface area contributed by atoms with Crippen molar-refractivity contribution in [1.29, 1.82) is 0 Å². The molecule has 0 spiro atoms. The normalized spacial score (nSPS) is 13.4. The monoisotopic (exact) mass is 347 g/mol. The highest BCUT2D eigenvalue weighted by molar-refractivity contribution is 5.88. The molecule has 4 rings (SSSR count). The summed E-state index contributed by atoms with van der Waals surface area (Å²) in [7, 11) is 0. The molecule has 132 valence electrons. The predicted molar refractivity (Wildman–Crippen MR) is 99.6 cm³/mol. The van der Waals surface area contributed by atoms with Crippen molar-refractivity contribution in [2.75, 3.05) is 5.32 Å². The summed E-state index contributed by atoms with van der Waals surface area (Å²) >= 11 is 0. The van der Waals surface area contributed by atoms with Crippen LogP contribution in [0.4, 0.5) is 10.6 Å². The van der Waals surface area contributed by atoms with Crippen LogP contribution in [-0.2, 0) is 13.1 Å². The quantitative estimate of drug-likeness (QED) is 0.742. The van der Waals surface area contributed by atoms with Crippen LogP contribution in [0.5, 0.6) is 0 Å². The summed E-state index contributed by atoms with van der Waals surface area (Å²) in [5, 5.41) is 7.37. The first-order valence-electron chi connectivity index (χ1n) is 8.83. The van der Waals surface area contributed by atoms with E-state index in [1.165, 1.54) is 5.56 Å². The van der Waals surface area contributed by atoms with Gasteiger partial charge in [0.05, 0.1) is 18.8 Å². The maximum absolute atomic E-state index is 12.7. The zero-order valence-corrected chi connectivity index (χ0v) is 14.5. The van der Waals surface area contributed by atoms with Crippen molar-refractivity contribution in [3.63, 3.8) is 0 Å². The smallest absolute Gasteiger partial charge is 0.316 e. The molecule has 0 saturated heterocycles. The molecule has 3 aromatic rings. The number of hydrogen-bond donors (Lipinski definition) is 1. The number of pyridine rings is 1. The van der Waals surface area contributed by atoms with Crippen LogP contribution in [-0.4, -0.2) is 31.7 Å². The lowest BCUT2D eigenvalue weighted by atomic mass is 10.2. The largest absolute Gasteiger partial charge is 0.323 e. The molecule has 1 fully saturated rings. The molecule has 0 unspecified atom stereocenters. The van der Waals surface area contributed by atoms with Crippen molar-refractivity contribution in [2.45, 2.75) is 32.0 Å². The fourth-order valence-corrected chi connectivity index (χ4v) is 2.89. The number of aromatic nitrogens is 3. The SMILES string of the molecule is O=C(Nc1ccn(Cc2ccccc2)n1)N(Cc1ccccn1)C1CC1. The second-order valence-corrected chi connectivity index (χ2v) is 6.49. The van der Waals surface area contributed by atoms with Crippen LogP contribution < -0.4 is 5.32 Å². The molecule has 1 saturated carbocycles. The van der Waals surface area contributed by atoms with Gasteiger partial charge in [-0.2, -0.15) is 5.10 Å². The lowest BCUT2D eigenvalue weighted by Crippen LogP contribution is -2.36. The van der Waals surface area contributed by atoms with E-state index in [1.807, 2.05) is 58.2 Å². The van der Waals surface area contributed by atoms with Crippen molar-refractivity contribution in [3.05, 3.63) is 78.2 Å². The molecular formula is C20H21N5O. The Morgan fingerprint density at radius 1 is 1.12 bits per heavy atom. The maximum atomic E-state index is 12.7. The molecule has 0 radical (unpaired) electrons. The first-order valence-corrected chi connectivity index (χ1v) is 8.83. The van der Waals surface area contributed by atoms with Gasteiger partial charge in [-0.1, -0.05) is 36.4 Å². The van der Waals surface area contributed by atoms with Crippen molar-refractivity contribution >= 4 is 11.8 Å². The number of carbonyl (C=O) groups excluding carboxylic acids is 1. The zero-order valence-electron chi connectivity index (χ0n) is 14.5. The van der Waals surface area contributed by atoms with Crippen LogP contribution in [0.15, 0.2) is 67.0 Å². The highest BCUT2D eigenvalue weighted by atomic mass is 16.2. The van der Waals surface area contributed by atoms with Gasteiger partial charge < -0.3 is 4.90 Å². The summed E-state index contributed by atoms with van der Waals surface area (Å²) in [4.78, 5) is 18.9. The van der Waals surface area contributed by atoms with Crippen molar-refractivity contribution in [2.24, 2.45) is 0 Å². The molecule has 1 aliphatic carbocycles. The topological polar surface area (TPSA) is 63.1 Å². The Hall–Kier alpha value is -3.15. The molecule has 2 amide bonds. The lowest BCUT2D eigenvalue weighted by molar-refractivity contribution is 0.205. The number of carbonyl (C=O) groups is 1. The second kappa shape index (κ2) is 7.39. The van der Waals surface area contributed by atoms with Gasteiger partial charge in [0.25, 0.3) is 0 Å². The molecule has 6 nitrogen and oxygen atoms in total. The fraction of sp³-hybridized carbons (Fsp3) is 0.250. The first kappa shape index (κ1) is 16.3. The van der Waals surface area contributed by atoms with Crippen molar-refractivity contribution in [1.82, 2.24) is 19.7 Å². The van der Waals surface area contributed by atoms with Crippen LogP contribution in [0.25, 0.3) is 0 Å². The maximum Gasteiger partial charge on any atom is 0.323 e. The number of hydrogen-bond acceptors (Lipinski definition) is 3. The Bertz CT molecular complexity index is 858. The molecule has 1 N–H and O–H groups in total. The lowest BCUT2D eigenvalue weighted by Gasteiger charge is -2.21. The van der Waals surface area contributed by atoms with E-state index in [4.69, 9.17) is 0 Å². The molecule has 2 heterocycles. The number of benzene rings is 1. The van der Waals surface area contributed by atoms with Crippen molar-refractivity contribution < 1.29 is 4.79 Å². The van der Waals surface area contributed by atoms with E-state index in [-0.39, 0.29) is 6.03 Å². The summed E-state index contributed by atoms with van der Waals surface area (Å²) in [6.07, 6.45) is 5.72. The first-order chi connectivity index (χ1) is 12.8. The van der Waals surface area contributed by atoms with E-state index in [1.54, 1.807) is 6.20 Å². The van der Waals surface area contributed by atoms with Crippen LogP contribution in [0.3, 0.4) is 0 Å². The Labute approximate surface area is 152 Å². The van der Waals surface area contributed by atoms with E-state index < -0.39 is 0 Å². The molecule has 0 atom stereocenters. The number of amides is 2. The summed E-state index contributed by atoms with van der Waals surface area (Å²) in [5.41, 5.74) is 2.06. The molecule has 2 aromatic heterocycles. The van der Waals surface area contributed by atoms with E-state index >= 15 is 0 Å². The second-order valence-electron chi connectivity index (χ2n) is 6.49. The minimum Gasteiger partial charge on any atom is -0.316 e. The zero-order chi connectivity index (χ0) is 17.8. The minimum absolute atomic E-state index is 0.122. The Kier molecular flexibility index (Phi) is 4.64. The number of nitrogens with zero attached hydrogens (tertiary/aromatic N) is 4. The molecular weight excluding hydrogens is 326 g/mol. The molecule has 6 heteroatoms. The summed E-state index contributed by atoms with van der Waals surface area (Å²) in [6.45, 7) is 1.19. The third-order valence-corrected chi connectivity index (χ3v) is 4.37. The number of anilines is 1. The summed E-state index contributed by atoms with van der Waals surface area (Å²) in [6, 6.07) is 17.9. The van der Waals surface area contributed by atoms with Gasteiger partial charge in [-0.25, -0.2) is 4.79 Å². The summed E-state index contributed by atoms with van der Waals surface area (Å²) < 4.78 is 1.82. The van der Waals surface area contributed by atoms with Crippen molar-refractivity contribution in [3.8, 4) is 0 Å². The van der Waals surface area contributed by atoms with Gasteiger partial charge in [0.1, 0.15) is 0 Å². The minimum atomic E-state index is -0.122. The third-order valence-electron chi connectivity index (χ3n) is 4.37.